The normalized spacial score (nSPS) is 10.6. The molecule has 104 valence electrons. The number of rotatable bonds is 6. The molecule has 1 rings (SSSR count). The summed E-state index contributed by atoms with van der Waals surface area (Å²) in [5.74, 6) is 1.00. The molecule has 0 unspecified atom stereocenters. The van der Waals surface area contributed by atoms with E-state index in [4.69, 9.17) is 10.00 Å². The second kappa shape index (κ2) is 7.16. The molecule has 0 aromatic heterocycles. The lowest BCUT2D eigenvalue weighted by molar-refractivity contribution is 0.313. The zero-order chi connectivity index (χ0) is 14.4. The molecule has 0 saturated heterocycles. The molecule has 1 aromatic rings. The van der Waals surface area contributed by atoms with E-state index < -0.39 is 0 Å². The van der Waals surface area contributed by atoms with Crippen LogP contribution in [0.15, 0.2) is 6.07 Å². The third-order valence-corrected chi connectivity index (χ3v) is 3.58. The van der Waals surface area contributed by atoms with Crippen LogP contribution in [0.1, 0.15) is 35.1 Å². The number of hydrogen-bond acceptors (Lipinski definition) is 3. The zero-order valence-corrected chi connectivity index (χ0v) is 12.7. The van der Waals surface area contributed by atoms with E-state index in [0.717, 1.165) is 25.3 Å². The van der Waals surface area contributed by atoms with Crippen LogP contribution in [-0.2, 0) is 6.54 Å². The minimum Gasteiger partial charge on any atom is -0.496 e. The number of nitriles is 1. The third kappa shape index (κ3) is 3.97. The zero-order valence-electron chi connectivity index (χ0n) is 12.7. The van der Waals surface area contributed by atoms with E-state index in [2.05, 4.69) is 44.9 Å². The molecule has 0 N–H and O–H groups in total. The van der Waals surface area contributed by atoms with Crippen LogP contribution in [0.3, 0.4) is 0 Å². The van der Waals surface area contributed by atoms with Gasteiger partial charge in [0.2, 0.25) is 0 Å². The second-order valence-corrected chi connectivity index (χ2v) is 5.15. The molecule has 19 heavy (non-hydrogen) atoms. The highest BCUT2D eigenvalue weighted by molar-refractivity contribution is 5.49. The third-order valence-electron chi connectivity index (χ3n) is 3.58. The molecular weight excluding hydrogens is 236 g/mol. The van der Waals surface area contributed by atoms with Gasteiger partial charge in [0.05, 0.1) is 13.2 Å². The maximum Gasteiger partial charge on any atom is 0.126 e. The number of nitrogens with zero attached hydrogens (tertiary/aromatic N) is 2. The monoisotopic (exact) mass is 260 g/mol. The van der Waals surface area contributed by atoms with Gasteiger partial charge >= 0.3 is 0 Å². The van der Waals surface area contributed by atoms with Crippen LogP contribution in [0.5, 0.6) is 5.75 Å². The lowest BCUT2D eigenvalue weighted by Gasteiger charge is -2.21. The summed E-state index contributed by atoms with van der Waals surface area (Å²) in [5, 5.41) is 8.57. The Bertz CT molecular complexity index is 475. The highest BCUT2D eigenvalue weighted by atomic mass is 16.5. The molecule has 3 nitrogen and oxygen atoms in total. The highest BCUT2D eigenvalue weighted by Crippen LogP contribution is 2.30. The fourth-order valence-electron chi connectivity index (χ4n) is 2.35. The Morgan fingerprint density at radius 3 is 2.53 bits per heavy atom. The minimum absolute atomic E-state index is 0.618. The molecule has 0 spiro atoms. The summed E-state index contributed by atoms with van der Waals surface area (Å²) < 4.78 is 5.59. The van der Waals surface area contributed by atoms with Gasteiger partial charge in [-0.3, -0.25) is 0 Å². The van der Waals surface area contributed by atoms with Crippen molar-refractivity contribution < 1.29 is 4.74 Å². The molecule has 0 fully saturated rings. The van der Waals surface area contributed by atoms with Gasteiger partial charge in [-0.25, -0.2) is 0 Å². The highest BCUT2D eigenvalue weighted by Gasteiger charge is 2.13. The van der Waals surface area contributed by atoms with Crippen molar-refractivity contribution in [3.05, 3.63) is 28.3 Å². The molecular formula is C16H24N2O. The molecule has 0 bridgehead atoms. The number of aryl methyl sites for hydroxylation is 2. The summed E-state index contributed by atoms with van der Waals surface area (Å²) >= 11 is 0. The van der Waals surface area contributed by atoms with Crippen molar-refractivity contribution in [2.75, 3.05) is 20.7 Å². The van der Waals surface area contributed by atoms with Gasteiger partial charge in [0, 0.05) is 18.5 Å². The summed E-state index contributed by atoms with van der Waals surface area (Å²) in [4.78, 5) is 2.25. The van der Waals surface area contributed by atoms with Gasteiger partial charge in [0.1, 0.15) is 5.75 Å². The van der Waals surface area contributed by atoms with Crippen molar-refractivity contribution in [1.82, 2.24) is 4.90 Å². The molecule has 0 amide bonds. The molecule has 0 aliphatic heterocycles. The van der Waals surface area contributed by atoms with E-state index in [0.29, 0.717) is 6.42 Å². The SMILES string of the molecule is COc1c(C)c(C)cc(C)c1CN(C)CCCC#N. The quantitative estimate of drug-likeness (QED) is 0.736. The predicted octanol–water partition coefficient (Wildman–Crippen LogP) is 3.36. The molecule has 3 heteroatoms. The second-order valence-electron chi connectivity index (χ2n) is 5.15. The van der Waals surface area contributed by atoms with E-state index in [1.54, 1.807) is 7.11 Å². The summed E-state index contributed by atoms with van der Waals surface area (Å²) in [7, 11) is 3.83. The van der Waals surface area contributed by atoms with Crippen molar-refractivity contribution in [3.8, 4) is 11.8 Å². The number of methoxy groups -OCH3 is 1. The first-order chi connectivity index (χ1) is 9.01. The summed E-state index contributed by atoms with van der Waals surface area (Å²) in [6.45, 7) is 8.15. The molecule has 1 aromatic carbocycles. The van der Waals surface area contributed by atoms with Gasteiger partial charge in [-0.05, 0) is 57.5 Å². The van der Waals surface area contributed by atoms with Crippen LogP contribution >= 0.6 is 0 Å². The Hall–Kier alpha value is -1.53. The lowest BCUT2D eigenvalue weighted by Crippen LogP contribution is -2.20. The first-order valence-corrected chi connectivity index (χ1v) is 6.70. The first-order valence-electron chi connectivity index (χ1n) is 6.70. The molecule has 0 heterocycles. The maximum atomic E-state index is 8.57. The number of hydrogen-bond donors (Lipinski definition) is 0. The Morgan fingerprint density at radius 1 is 1.26 bits per heavy atom. The Labute approximate surface area is 116 Å². The van der Waals surface area contributed by atoms with Crippen molar-refractivity contribution >= 4 is 0 Å². The van der Waals surface area contributed by atoms with Crippen molar-refractivity contribution in [1.29, 1.82) is 5.26 Å². The summed E-state index contributed by atoms with van der Waals surface area (Å²) in [6.07, 6.45) is 1.53. The van der Waals surface area contributed by atoms with E-state index in [-0.39, 0.29) is 0 Å². The van der Waals surface area contributed by atoms with Crippen LogP contribution in [0.2, 0.25) is 0 Å². The van der Waals surface area contributed by atoms with E-state index in [1.807, 2.05) is 0 Å². The summed E-state index contributed by atoms with van der Waals surface area (Å²) in [5.41, 5.74) is 5.01. The molecule has 0 radical (unpaired) electrons. The van der Waals surface area contributed by atoms with Gasteiger partial charge < -0.3 is 9.64 Å². The van der Waals surface area contributed by atoms with Crippen LogP contribution in [0.25, 0.3) is 0 Å². The smallest absolute Gasteiger partial charge is 0.126 e. The van der Waals surface area contributed by atoms with E-state index in [9.17, 15) is 0 Å². The van der Waals surface area contributed by atoms with Crippen LogP contribution in [0.4, 0.5) is 0 Å². The number of benzene rings is 1. The van der Waals surface area contributed by atoms with Gasteiger partial charge in [0.15, 0.2) is 0 Å². The molecule has 0 saturated carbocycles. The average molecular weight is 260 g/mol. The van der Waals surface area contributed by atoms with Crippen LogP contribution < -0.4 is 4.74 Å². The van der Waals surface area contributed by atoms with Gasteiger partial charge in [-0.15, -0.1) is 0 Å². The summed E-state index contributed by atoms with van der Waals surface area (Å²) in [6, 6.07) is 4.40. The van der Waals surface area contributed by atoms with Gasteiger partial charge in [-0.2, -0.15) is 5.26 Å². The first kappa shape index (κ1) is 15.5. The van der Waals surface area contributed by atoms with Gasteiger partial charge in [-0.1, -0.05) is 6.07 Å². The molecule has 0 aliphatic rings. The minimum atomic E-state index is 0.618. The van der Waals surface area contributed by atoms with Gasteiger partial charge in [0.25, 0.3) is 0 Å². The largest absolute Gasteiger partial charge is 0.496 e. The van der Waals surface area contributed by atoms with Crippen LogP contribution in [0, 0.1) is 32.1 Å². The number of ether oxygens (including phenoxy) is 1. The maximum absolute atomic E-state index is 8.57. The van der Waals surface area contributed by atoms with Crippen LogP contribution in [-0.4, -0.2) is 25.6 Å². The lowest BCUT2D eigenvalue weighted by atomic mass is 9.98. The van der Waals surface area contributed by atoms with Crippen molar-refractivity contribution in [2.45, 2.75) is 40.2 Å². The number of unbranched alkanes of at least 4 members (excludes halogenated alkanes) is 1. The van der Waals surface area contributed by atoms with Crippen molar-refractivity contribution in [3.63, 3.8) is 0 Å². The fourth-order valence-corrected chi connectivity index (χ4v) is 2.35. The van der Waals surface area contributed by atoms with E-state index >= 15 is 0 Å². The Balaban J connectivity index is 2.88. The standard InChI is InChI=1S/C16H24N2O/c1-12-10-13(2)15(16(19-5)14(12)3)11-18(4)9-7-6-8-17/h10H,6-7,9,11H2,1-5H3. The van der Waals surface area contributed by atoms with Crippen molar-refractivity contribution in [2.24, 2.45) is 0 Å². The fraction of sp³-hybridized carbons (Fsp3) is 0.562. The Kier molecular flexibility index (Phi) is 5.85. The predicted molar refractivity (Wildman–Crippen MR) is 78.4 cm³/mol. The Morgan fingerprint density at radius 2 is 1.95 bits per heavy atom. The van der Waals surface area contributed by atoms with E-state index in [1.165, 1.54) is 22.3 Å². The molecule has 0 aliphatic carbocycles. The molecule has 0 atom stereocenters. The topological polar surface area (TPSA) is 36.3 Å². The average Bonchev–Trinajstić information content (AvgIpc) is 2.36.